The second-order valence-electron chi connectivity index (χ2n) is 8.16. The molecular weight excluding hydrogens is 446 g/mol. The van der Waals surface area contributed by atoms with E-state index in [0.717, 1.165) is 28.2 Å². The normalized spacial score (nSPS) is 12.2. The Bertz CT molecular complexity index is 1460. The van der Waals surface area contributed by atoms with E-state index in [4.69, 9.17) is 19.2 Å². The molecule has 0 aliphatic rings. The van der Waals surface area contributed by atoms with Crippen molar-refractivity contribution in [1.82, 2.24) is 34.8 Å². The van der Waals surface area contributed by atoms with Crippen LogP contribution in [0.2, 0.25) is 0 Å². The van der Waals surface area contributed by atoms with Crippen LogP contribution >= 0.6 is 0 Å². The minimum Gasteiger partial charge on any atom is -0.491 e. The minimum absolute atomic E-state index is 0.172. The number of nitrogens with one attached hydrogen (secondary N) is 1. The van der Waals surface area contributed by atoms with Crippen LogP contribution in [-0.2, 0) is 0 Å². The summed E-state index contributed by atoms with van der Waals surface area (Å²) in [5, 5.41) is 17.0. The lowest BCUT2D eigenvalue weighted by atomic mass is 10.1. The molecular formula is C25H25N7O3. The summed E-state index contributed by atoms with van der Waals surface area (Å²) < 4.78 is 13.1. The van der Waals surface area contributed by atoms with Crippen molar-refractivity contribution < 1.29 is 14.4 Å². The third-order valence-electron chi connectivity index (χ3n) is 5.57. The number of rotatable bonds is 8. The Kier molecular flexibility index (Phi) is 6.21. The number of aryl methyl sites for hydroxylation is 2. The summed E-state index contributed by atoms with van der Waals surface area (Å²) in [5.41, 5.74) is 5.26. The molecule has 10 heteroatoms. The van der Waals surface area contributed by atoms with E-state index in [1.54, 1.807) is 25.6 Å². The van der Waals surface area contributed by atoms with Crippen LogP contribution in [0.5, 0.6) is 5.75 Å². The van der Waals surface area contributed by atoms with Crippen LogP contribution in [0.15, 0.2) is 59.6 Å². The zero-order valence-electron chi connectivity index (χ0n) is 19.6. The van der Waals surface area contributed by atoms with Gasteiger partial charge in [0.15, 0.2) is 11.5 Å². The van der Waals surface area contributed by atoms with Crippen LogP contribution in [0.4, 0.5) is 0 Å². The highest BCUT2D eigenvalue weighted by molar-refractivity contribution is 5.73. The fourth-order valence-electron chi connectivity index (χ4n) is 3.93. The number of likely N-dealkylation sites (N-methyl/N-ethyl adjacent to an activating group) is 1. The van der Waals surface area contributed by atoms with Crippen molar-refractivity contribution in [3.63, 3.8) is 0 Å². The summed E-state index contributed by atoms with van der Waals surface area (Å²) in [6.45, 7) is 4.37. The van der Waals surface area contributed by atoms with Crippen molar-refractivity contribution in [1.29, 1.82) is 0 Å². The number of hydrogen-bond donors (Lipinski definition) is 2. The number of aromatic nitrogens is 6. The van der Waals surface area contributed by atoms with Gasteiger partial charge in [-0.2, -0.15) is 0 Å². The number of benzene rings is 1. The molecule has 0 saturated heterocycles. The Balaban J connectivity index is 1.61. The molecule has 0 radical (unpaired) electrons. The third-order valence-corrected chi connectivity index (χ3v) is 5.57. The zero-order valence-corrected chi connectivity index (χ0v) is 19.6. The first-order valence-electron chi connectivity index (χ1n) is 11.2. The van der Waals surface area contributed by atoms with Crippen molar-refractivity contribution in [2.24, 2.45) is 0 Å². The lowest BCUT2D eigenvalue weighted by Gasteiger charge is -2.13. The van der Waals surface area contributed by atoms with Gasteiger partial charge in [-0.15, -0.1) is 0 Å². The number of imidazole rings is 1. The van der Waals surface area contributed by atoms with E-state index >= 15 is 0 Å². The molecule has 2 N–H and O–H groups in total. The average Bonchev–Trinajstić information content (AvgIpc) is 3.45. The summed E-state index contributed by atoms with van der Waals surface area (Å²) in [6, 6.07) is 9.41. The molecule has 1 atom stereocenters. The van der Waals surface area contributed by atoms with Gasteiger partial charge in [0, 0.05) is 24.5 Å². The molecule has 0 amide bonds. The van der Waals surface area contributed by atoms with Crippen LogP contribution in [0.3, 0.4) is 0 Å². The van der Waals surface area contributed by atoms with E-state index in [9.17, 15) is 5.11 Å². The van der Waals surface area contributed by atoms with Gasteiger partial charge in [-0.25, -0.2) is 15.0 Å². The molecule has 35 heavy (non-hydrogen) atoms. The number of fused-ring (bicyclic) bond motifs is 1. The summed E-state index contributed by atoms with van der Waals surface area (Å²) in [7, 11) is 1.78. The molecule has 4 aromatic heterocycles. The van der Waals surface area contributed by atoms with Crippen molar-refractivity contribution in [2.45, 2.75) is 20.0 Å². The molecule has 0 fully saturated rings. The van der Waals surface area contributed by atoms with E-state index < -0.39 is 6.10 Å². The molecule has 1 unspecified atom stereocenters. The van der Waals surface area contributed by atoms with Gasteiger partial charge in [0.1, 0.15) is 24.2 Å². The number of aliphatic hydroxyl groups is 1. The lowest BCUT2D eigenvalue weighted by molar-refractivity contribution is 0.108. The van der Waals surface area contributed by atoms with Crippen LogP contribution in [0.1, 0.15) is 11.5 Å². The summed E-state index contributed by atoms with van der Waals surface area (Å²) >= 11 is 0. The van der Waals surface area contributed by atoms with Gasteiger partial charge >= 0.3 is 0 Å². The SMILES string of the molecule is CNCC(O)COc1cccc(-c2nc(-c3c(C)noc3C)cc(-c3cnc4cnccn34)n2)c1. The molecule has 0 aliphatic heterocycles. The largest absolute Gasteiger partial charge is 0.491 e. The van der Waals surface area contributed by atoms with Crippen LogP contribution in [0.25, 0.3) is 39.7 Å². The Morgan fingerprint density at radius 2 is 2.00 bits per heavy atom. The van der Waals surface area contributed by atoms with E-state index in [-0.39, 0.29) is 6.61 Å². The number of nitrogens with zero attached hydrogens (tertiary/aromatic N) is 6. The number of ether oxygens (including phenoxy) is 1. The van der Waals surface area contributed by atoms with Crippen LogP contribution in [0, 0.1) is 13.8 Å². The Labute approximate surface area is 201 Å². The molecule has 10 nitrogen and oxygen atoms in total. The Hall–Kier alpha value is -4.15. The van der Waals surface area contributed by atoms with Crippen molar-refractivity contribution in [3.05, 3.63) is 66.6 Å². The molecule has 5 rings (SSSR count). The summed E-state index contributed by atoms with van der Waals surface area (Å²) in [5.74, 6) is 1.81. The highest BCUT2D eigenvalue weighted by Crippen LogP contribution is 2.32. The lowest BCUT2D eigenvalue weighted by Crippen LogP contribution is -2.29. The molecule has 0 saturated carbocycles. The van der Waals surface area contributed by atoms with Gasteiger partial charge in [0.05, 0.1) is 40.7 Å². The topological polar surface area (TPSA) is 123 Å². The fraction of sp³-hybridized carbons (Fsp3) is 0.240. The maximum atomic E-state index is 9.98. The first-order valence-corrected chi connectivity index (χ1v) is 11.2. The second-order valence-corrected chi connectivity index (χ2v) is 8.16. The molecule has 0 bridgehead atoms. The smallest absolute Gasteiger partial charge is 0.160 e. The first kappa shape index (κ1) is 22.6. The Morgan fingerprint density at radius 1 is 1.14 bits per heavy atom. The fourth-order valence-corrected chi connectivity index (χ4v) is 3.93. The predicted molar refractivity (Wildman–Crippen MR) is 130 cm³/mol. The van der Waals surface area contributed by atoms with Crippen molar-refractivity contribution in [2.75, 3.05) is 20.2 Å². The van der Waals surface area contributed by atoms with Gasteiger partial charge in [-0.1, -0.05) is 17.3 Å². The van der Waals surface area contributed by atoms with E-state index in [2.05, 4.69) is 20.4 Å². The molecule has 4 heterocycles. The standard InChI is InChI=1S/C25H25N7O3/c1-15-24(16(2)35-31-15)21-10-20(22-12-28-23-13-27-7-8-32(22)23)29-25(30-21)17-5-4-6-19(9-17)34-14-18(33)11-26-3/h4-10,12-13,18,26,33H,11,14H2,1-3H3. The molecule has 0 spiro atoms. The molecule has 178 valence electrons. The Morgan fingerprint density at radius 3 is 2.80 bits per heavy atom. The van der Waals surface area contributed by atoms with Gasteiger partial charge < -0.3 is 19.7 Å². The van der Waals surface area contributed by atoms with E-state index in [0.29, 0.717) is 35.3 Å². The predicted octanol–water partition coefficient (Wildman–Crippen LogP) is 3.08. The van der Waals surface area contributed by atoms with Crippen LogP contribution in [-0.4, -0.2) is 60.9 Å². The quantitative estimate of drug-likeness (QED) is 0.351. The van der Waals surface area contributed by atoms with Gasteiger partial charge in [0.2, 0.25) is 0 Å². The van der Waals surface area contributed by atoms with Gasteiger partial charge in [0.25, 0.3) is 0 Å². The second kappa shape index (κ2) is 9.61. The maximum absolute atomic E-state index is 9.98. The van der Waals surface area contributed by atoms with Crippen molar-refractivity contribution in [3.8, 4) is 39.8 Å². The van der Waals surface area contributed by atoms with Gasteiger partial charge in [-0.05, 0) is 39.1 Å². The van der Waals surface area contributed by atoms with E-state index in [1.807, 2.05) is 54.8 Å². The minimum atomic E-state index is -0.612. The monoisotopic (exact) mass is 471 g/mol. The third kappa shape index (κ3) is 4.61. The van der Waals surface area contributed by atoms with E-state index in [1.165, 1.54) is 0 Å². The first-order chi connectivity index (χ1) is 17.0. The summed E-state index contributed by atoms with van der Waals surface area (Å²) in [4.78, 5) is 18.3. The number of aliphatic hydroxyl groups excluding tert-OH is 1. The maximum Gasteiger partial charge on any atom is 0.160 e. The zero-order chi connectivity index (χ0) is 24.4. The van der Waals surface area contributed by atoms with Crippen molar-refractivity contribution >= 4 is 5.65 Å². The number of hydrogen-bond acceptors (Lipinski definition) is 9. The molecule has 0 aliphatic carbocycles. The highest BCUT2D eigenvalue weighted by atomic mass is 16.5. The average molecular weight is 472 g/mol. The molecule has 1 aromatic carbocycles. The molecule has 5 aromatic rings. The summed E-state index contributed by atoms with van der Waals surface area (Å²) in [6.07, 6.45) is 6.41. The highest BCUT2D eigenvalue weighted by Gasteiger charge is 2.19. The van der Waals surface area contributed by atoms with Crippen LogP contribution < -0.4 is 10.1 Å². The van der Waals surface area contributed by atoms with Gasteiger partial charge in [-0.3, -0.25) is 9.38 Å².